The van der Waals surface area contributed by atoms with E-state index in [1.165, 1.54) is 86.1 Å². The van der Waals surface area contributed by atoms with Gasteiger partial charge in [0.2, 0.25) is 0 Å². The third kappa shape index (κ3) is 14.1. The second-order valence-electron chi connectivity index (χ2n) is 19.5. The van der Waals surface area contributed by atoms with Gasteiger partial charge in [-0.2, -0.15) is 6.29 Å². The Morgan fingerprint density at radius 3 is 1.53 bits per heavy atom. The Hall–Kier alpha value is -3.58. The van der Waals surface area contributed by atoms with Crippen molar-refractivity contribution >= 4 is 48.1 Å². The van der Waals surface area contributed by atoms with Gasteiger partial charge in [0, 0.05) is 45.6 Å². The first-order chi connectivity index (χ1) is 31.4. The molecule has 4 aromatic rings. The van der Waals surface area contributed by atoms with Gasteiger partial charge in [0.15, 0.2) is 0 Å². The fraction of sp³-hybridized carbons (Fsp3) is 0.436. The van der Waals surface area contributed by atoms with Crippen LogP contribution < -0.4 is 9.05 Å². The number of alkyl halides is 3. The molecular formula is C55H66AgF3IN2O5P. The summed E-state index contributed by atoms with van der Waals surface area (Å²) in [6.45, 7) is 19.7. The number of nitrogens with zero attached hydrogens (tertiary/aromatic N) is 2. The van der Waals surface area contributed by atoms with Gasteiger partial charge >= 0.3 is 30.2 Å². The van der Waals surface area contributed by atoms with E-state index in [1.54, 1.807) is 0 Å². The fourth-order valence-electron chi connectivity index (χ4n) is 10.4. The molecule has 0 radical (unpaired) electrons. The number of aryl methyl sites for hydroxylation is 2. The third-order valence-electron chi connectivity index (χ3n) is 13.3. The molecule has 0 unspecified atom stereocenters. The number of rotatable bonds is 2. The summed E-state index contributed by atoms with van der Waals surface area (Å²) < 4.78 is 56.6. The number of allylic oxidation sites excluding steroid dienone is 4. The first kappa shape index (κ1) is 57.0. The van der Waals surface area contributed by atoms with Crippen molar-refractivity contribution in [2.75, 3.05) is 14.1 Å². The molecule has 13 heteroatoms. The maximum atomic E-state index is 12.9. The molecule has 4 aliphatic carbocycles. The molecule has 0 saturated carbocycles. The predicted octanol–water partition coefficient (Wildman–Crippen LogP) is 15.1. The molecule has 1 N–H and O–H groups in total. The van der Waals surface area contributed by atoms with Gasteiger partial charge in [-0.1, -0.05) is 99.5 Å². The van der Waals surface area contributed by atoms with E-state index in [1.807, 2.05) is 58.3 Å². The summed E-state index contributed by atoms with van der Waals surface area (Å²) in [6.07, 6.45) is 5.38. The van der Waals surface area contributed by atoms with Crippen molar-refractivity contribution < 1.29 is 58.9 Å². The molecule has 0 atom stereocenters. The summed E-state index contributed by atoms with van der Waals surface area (Å²) in [5.41, 5.74) is 16.2. The molecule has 5 aliphatic rings. The number of phosphoric acid groups is 1. The van der Waals surface area contributed by atoms with Gasteiger partial charge in [-0.05, 0) is 189 Å². The Morgan fingerprint density at radius 1 is 0.706 bits per heavy atom. The van der Waals surface area contributed by atoms with Crippen LogP contribution in [0.5, 0.6) is 11.5 Å². The molecule has 4 aromatic carbocycles. The van der Waals surface area contributed by atoms with Crippen LogP contribution in [0.25, 0.3) is 0 Å². The maximum absolute atomic E-state index is 12.9. The molecular weight excluding hydrogens is 1090 g/mol. The first-order valence-corrected chi connectivity index (χ1v) is 25.4. The normalized spacial score (nSPS) is 19.7. The summed E-state index contributed by atoms with van der Waals surface area (Å²) >= 11 is 2.28. The Bertz CT molecular complexity index is 2520. The van der Waals surface area contributed by atoms with Gasteiger partial charge in [-0.3, -0.25) is 14.9 Å². The van der Waals surface area contributed by atoms with Crippen LogP contribution in [0, 0.1) is 17.4 Å². The predicted molar refractivity (Wildman–Crippen MR) is 276 cm³/mol. The second kappa shape index (κ2) is 23.6. The van der Waals surface area contributed by atoms with Crippen LogP contribution in [-0.2, 0) is 54.4 Å². The molecule has 9 rings (SSSR count). The van der Waals surface area contributed by atoms with E-state index in [4.69, 9.17) is 13.8 Å². The van der Waals surface area contributed by atoms with E-state index < -0.39 is 14.0 Å². The van der Waals surface area contributed by atoms with Gasteiger partial charge in [0.1, 0.15) is 11.5 Å². The second-order valence-corrected chi connectivity index (χ2v) is 22.0. The van der Waals surface area contributed by atoms with Gasteiger partial charge in [-0.15, -0.1) is 0 Å². The summed E-state index contributed by atoms with van der Waals surface area (Å²) in [5, 5.41) is 0. The summed E-state index contributed by atoms with van der Waals surface area (Å²) in [6, 6.07) is 29.1. The van der Waals surface area contributed by atoms with Crippen molar-refractivity contribution in [2.24, 2.45) is 9.98 Å². The average molecular weight is 1160 g/mol. The zero-order chi connectivity index (χ0) is 49.5. The van der Waals surface area contributed by atoms with E-state index >= 15 is 0 Å². The van der Waals surface area contributed by atoms with Crippen LogP contribution in [0.2, 0.25) is 0 Å². The maximum Gasteiger partial charge on any atom is 1.00 e. The monoisotopic (exact) mass is 1160 g/mol. The molecule has 1 heterocycles. The summed E-state index contributed by atoms with van der Waals surface area (Å²) in [5.74, 6) is 1.00. The number of benzene rings is 4. The van der Waals surface area contributed by atoms with Crippen LogP contribution in [0.3, 0.4) is 0 Å². The average Bonchev–Trinajstić information content (AvgIpc) is 3.61. The van der Waals surface area contributed by atoms with Crippen molar-refractivity contribution in [3.05, 3.63) is 150 Å². The van der Waals surface area contributed by atoms with Crippen molar-refractivity contribution in [3.63, 3.8) is 0 Å². The molecule has 0 fully saturated rings. The SMILES string of the molecule is CN=C1CCCC(C)=C1C.CN=C1CCCC(C)=C1Cc1ccccc1.Cc1cc2c3c(c1)C(C)(C)CC31CC(C)(C)c3cc(C)cc(c31)OP(=O)(O)O2.Ic1ccccc1.O=[C-]C(F)(F)F.[Ag+]. The van der Waals surface area contributed by atoms with Crippen molar-refractivity contribution in [2.45, 2.75) is 143 Å². The molecule has 0 amide bonds. The Morgan fingerprint density at radius 2 is 1.13 bits per heavy atom. The molecule has 370 valence electrons. The van der Waals surface area contributed by atoms with Gasteiger partial charge in [-0.25, -0.2) is 17.7 Å². The van der Waals surface area contributed by atoms with Crippen LogP contribution in [0.15, 0.2) is 117 Å². The minimum absolute atomic E-state index is 0. The largest absolute Gasteiger partial charge is 1.00 e. The van der Waals surface area contributed by atoms with Crippen LogP contribution in [0.4, 0.5) is 13.2 Å². The number of halogens is 4. The smallest absolute Gasteiger partial charge is 0.533 e. The minimum atomic E-state index is -4.76. The number of aliphatic imine (C=N–C) groups is 2. The standard InChI is InChI=1S/C23H27O4P.C15H19N.C9H15N.C6H5I.C2F3O.Ag/c1-13-7-15-19-17(9-13)26-28(24,25)27-18-10-14(2)8-16-20(18)23(19,11-21(15,3)4)12-22(16,5)6;1-12-7-6-10-15(16-2)14(12)11-13-8-4-3-5-9-13;1-7-5-4-6-9(10-3)8(7)2;7-6-4-2-1-3-5-6;3-2(4,5)1-6;/h7-10H,11-12H2,1-6H3,(H,24,25);3-5,8-9H,6-7,10-11H2,1-2H3;4-6H2,1-3H3;1-5H;;/q;;;;-1;+1. The van der Waals surface area contributed by atoms with Crippen molar-refractivity contribution in [3.8, 4) is 11.5 Å². The Labute approximate surface area is 431 Å². The van der Waals surface area contributed by atoms with E-state index in [-0.39, 0.29) is 44.9 Å². The van der Waals surface area contributed by atoms with Crippen molar-refractivity contribution in [1.82, 2.24) is 0 Å². The van der Waals surface area contributed by atoms with E-state index in [0.717, 1.165) is 47.9 Å². The topological polar surface area (TPSA) is 97.6 Å². The zero-order valence-electron chi connectivity index (χ0n) is 41.2. The van der Waals surface area contributed by atoms with E-state index in [2.05, 4.69) is 136 Å². The van der Waals surface area contributed by atoms with Gasteiger partial charge < -0.3 is 13.8 Å². The Kier molecular flexibility index (Phi) is 19.7. The molecule has 1 spiro atoms. The summed E-state index contributed by atoms with van der Waals surface area (Å²) in [7, 11) is -0.484. The molecule has 0 saturated heterocycles. The number of hydrogen-bond acceptors (Lipinski definition) is 6. The van der Waals surface area contributed by atoms with Crippen LogP contribution >= 0.6 is 30.4 Å². The quantitative estimate of drug-likeness (QED) is 0.0933. The van der Waals surface area contributed by atoms with Crippen molar-refractivity contribution in [1.29, 1.82) is 0 Å². The van der Waals surface area contributed by atoms with Crippen LogP contribution in [-0.4, -0.2) is 42.9 Å². The molecule has 7 nitrogen and oxygen atoms in total. The zero-order valence-corrected chi connectivity index (χ0v) is 45.7. The minimum Gasteiger partial charge on any atom is -0.533 e. The molecule has 0 bridgehead atoms. The van der Waals surface area contributed by atoms with Crippen LogP contribution in [0.1, 0.15) is 139 Å². The molecule has 68 heavy (non-hydrogen) atoms. The van der Waals surface area contributed by atoms with E-state index in [9.17, 15) is 22.6 Å². The molecule has 1 aliphatic heterocycles. The molecule has 0 aromatic heterocycles. The number of hydrogen-bond donors (Lipinski definition) is 1. The van der Waals surface area contributed by atoms with Gasteiger partial charge in [0.05, 0.1) is 0 Å². The Balaban J connectivity index is 0.000000212. The third-order valence-corrected chi connectivity index (χ3v) is 14.9. The fourth-order valence-corrected chi connectivity index (χ4v) is 11.7. The number of carbonyl (C=O) groups excluding carboxylic acids is 1. The number of phosphoric ester groups is 1. The van der Waals surface area contributed by atoms with E-state index in [0.29, 0.717) is 11.5 Å². The van der Waals surface area contributed by atoms with Gasteiger partial charge in [0.25, 0.3) is 6.18 Å². The summed E-state index contributed by atoms with van der Waals surface area (Å²) in [4.78, 5) is 27.8. The first-order valence-electron chi connectivity index (χ1n) is 22.9.